The lowest BCUT2D eigenvalue weighted by molar-refractivity contribution is 0.333. The van der Waals surface area contributed by atoms with Gasteiger partial charge in [0.2, 0.25) is 0 Å². The molecule has 2 aromatic rings. The first kappa shape index (κ1) is 16.3. The van der Waals surface area contributed by atoms with Crippen molar-refractivity contribution in [3.05, 3.63) is 63.1 Å². The number of rotatable bonds is 6. The Morgan fingerprint density at radius 3 is 2.62 bits per heavy atom. The summed E-state index contributed by atoms with van der Waals surface area (Å²) in [7, 11) is 0. The number of halogens is 2. The standard InChI is InChI=1S/C17H19BrClNO/c1-3-20-17(14-11-12(19)9-10-15(14)18)13-7-5-6-8-16(13)21-4-2/h5-11,17,20H,3-4H2,1-2H3. The van der Waals surface area contributed by atoms with Gasteiger partial charge in [0, 0.05) is 15.1 Å². The highest BCUT2D eigenvalue weighted by atomic mass is 79.9. The average Bonchev–Trinajstić information content (AvgIpc) is 2.49. The Kier molecular flexibility index (Phi) is 6.09. The van der Waals surface area contributed by atoms with E-state index in [1.165, 1.54) is 0 Å². The molecule has 1 unspecified atom stereocenters. The molecule has 0 aliphatic carbocycles. The summed E-state index contributed by atoms with van der Waals surface area (Å²) in [4.78, 5) is 0. The third kappa shape index (κ3) is 4.00. The third-order valence-corrected chi connectivity index (χ3v) is 4.16. The smallest absolute Gasteiger partial charge is 0.124 e. The minimum absolute atomic E-state index is 0.0332. The van der Waals surface area contributed by atoms with Crippen LogP contribution in [0.3, 0.4) is 0 Å². The molecule has 0 bridgehead atoms. The van der Waals surface area contributed by atoms with Crippen LogP contribution in [0.1, 0.15) is 31.0 Å². The minimum atomic E-state index is 0.0332. The summed E-state index contributed by atoms with van der Waals surface area (Å²) in [6, 6.07) is 14.0. The second kappa shape index (κ2) is 7.83. The van der Waals surface area contributed by atoms with E-state index in [9.17, 15) is 0 Å². The first-order valence-electron chi connectivity index (χ1n) is 7.07. The molecule has 0 saturated carbocycles. The fourth-order valence-corrected chi connectivity index (χ4v) is 2.99. The van der Waals surface area contributed by atoms with Crippen molar-refractivity contribution in [2.45, 2.75) is 19.9 Å². The van der Waals surface area contributed by atoms with E-state index >= 15 is 0 Å². The van der Waals surface area contributed by atoms with Crippen molar-refractivity contribution in [1.29, 1.82) is 0 Å². The molecule has 2 aromatic carbocycles. The van der Waals surface area contributed by atoms with Crippen LogP contribution in [0.2, 0.25) is 5.02 Å². The monoisotopic (exact) mass is 367 g/mol. The zero-order valence-electron chi connectivity index (χ0n) is 12.2. The lowest BCUT2D eigenvalue weighted by Gasteiger charge is -2.23. The van der Waals surface area contributed by atoms with Gasteiger partial charge in [-0.3, -0.25) is 0 Å². The van der Waals surface area contributed by atoms with Crippen LogP contribution < -0.4 is 10.1 Å². The first-order chi connectivity index (χ1) is 10.2. The largest absolute Gasteiger partial charge is 0.494 e. The summed E-state index contributed by atoms with van der Waals surface area (Å²) in [5.41, 5.74) is 2.22. The van der Waals surface area contributed by atoms with Crippen LogP contribution in [0.4, 0.5) is 0 Å². The highest BCUT2D eigenvalue weighted by molar-refractivity contribution is 9.10. The van der Waals surface area contributed by atoms with E-state index < -0.39 is 0 Å². The summed E-state index contributed by atoms with van der Waals surface area (Å²) in [5.74, 6) is 0.901. The van der Waals surface area contributed by atoms with Gasteiger partial charge in [0.25, 0.3) is 0 Å². The molecule has 1 atom stereocenters. The zero-order chi connectivity index (χ0) is 15.2. The Morgan fingerprint density at radius 1 is 1.14 bits per heavy atom. The fourth-order valence-electron chi connectivity index (χ4n) is 2.33. The summed E-state index contributed by atoms with van der Waals surface area (Å²) in [6.45, 7) is 5.58. The number of ether oxygens (including phenoxy) is 1. The maximum atomic E-state index is 6.17. The molecule has 0 amide bonds. The van der Waals surface area contributed by atoms with E-state index in [-0.39, 0.29) is 6.04 Å². The molecule has 0 aromatic heterocycles. The van der Waals surface area contributed by atoms with Crippen LogP contribution in [0.25, 0.3) is 0 Å². The lowest BCUT2D eigenvalue weighted by Crippen LogP contribution is -2.23. The highest BCUT2D eigenvalue weighted by Crippen LogP contribution is 2.35. The van der Waals surface area contributed by atoms with Gasteiger partial charge in [0.15, 0.2) is 0 Å². The Bertz CT molecular complexity index is 603. The number of para-hydroxylation sites is 1. The van der Waals surface area contributed by atoms with Crippen LogP contribution in [0.15, 0.2) is 46.9 Å². The maximum absolute atomic E-state index is 6.17. The fraction of sp³-hybridized carbons (Fsp3) is 0.294. The van der Waals surface area contributed by atoms with Crippen molar-refractivity contribution >= 4 is 27.5 Å². The summed E-state index contributed by atoms with van der Waals surface area (Å²) >= 11 is 9.79. The van der Waals surface area contributed by atoms with Gasteiger partial charge < -0.3 is 10.1 Å². The number of nitrogens with one attached hydrogen (secondary N) is 1. The van der Waals surface area contributed by atoms with Crippen LogP contribution in [-0.4, -0.2) is 13.2 Å². The van der Waals surface area contributed by atoms with E-state index in [1.807, 2.05) is 43.3 Å². The van der Waals surface area contributed by atoms with Gasteiger partial charge in [0.05, 0.1) is 12.6 Å². The molecular weight excluding hydrogens is 350 g/mol. The van der Waals surface area contributed by atoms with Crippen LogP contribution in [0, 0.1) is 0 Å². The summed E-state index contributed by atoms with van der Waals surface area (Å²) in [6.07, 6.45) is 0. The number of hydrogen-bond acceptors (Lipinski definition) is 2. The van der Waals surface area contributed by atoms with Crippen molar-refractivity contribution in [2.75, 3.05) is 13.2 Å². The Balaban J connectivity index is 2.50. The molecule has 112 valence electrons. The van der Waals surface area contributed by atoms with Crippen molar-refractivity contribution in [3.63, 3.8) is 0 Å². The molecular formula is C17H19BrClNO. The van der Waals surface area contributed by atoms with Crippen LogP contribution in [0.5, 0.6) is 5.75 Å². The molecule has 2 rings (SSSR count). The predicted molar refractivity (Wildman–Crippen MR) is 92.3 cm³/mol. The molecule has 0 heterocycles. The molecule has 0 fully saturated rings. The van der Waals surface area contributed by atoms with Gasteiger partial charge in [-0.05, 0) is 43.3 Å². The second-order valence-corrected chi connectivity index (χ2v) is 5.92. The molecule has 0 saturated heterocycles. The zero-order valence-corrected chi connectivity index (χ0v) is 14.5. The quantitative estimate of drug-likeness (QED) is 0.756. The topological polar surface area (TPSA) is 21.3 Å². The molecule has 0 aliphatic heterocycles. The Hall–Kier alpha value is -1.03. The van der Waals surface area contributed by atoms with E-state index in [4.69, 9.17) is 16.3 Å². The normalized spacial score (nSPS) is 12.2. The molecule has 0 spiro atoms. The first-order valence-corrected chi connectivity index (χ1v) is 8.24. The van der Waals surface area contributed by atoms with Crippen molar-refractivity contribution in [2.24, 2.45) is 0 Å². The number of benzene rings is 2. The van der Waals surface area contributed by atoms with E-state index in [1.54, 1.807) is 0 Å². The minimum Gasteiger partial charge on any atom is -0.494 e. The SMILES string of the molecule is CCNC(c1cc(Cl)ccc1Br)c1ccccc1OCC. The van der Waals surface area contributed by atoms with Gasteiger partial charge in [-0.1, -0.05) is 52.7 Å². The molecule has 4 heteroatoms. The second-order valence-electron chi connectivity index (χ2n) is 4.63. The molecule has 0 radical (unpaired) electrons. The van der Waals surface area contributed by atoms with E-state index in [0.29, 0.717) is 6.61 Å². The van der Waals surface area contributed by atoms with Gasteiger partial charge in [0.1, 0.15) is 5.75 Å². The van der Waals surface area contributed by atoms with Gasteiger partial charge >= 0.3 is 0 Å². The molecule has 21 heavy (non-hydrogen) atoms. The lowest BCUT2D eigenvalue weighted by atomic mass is 9.97. The molecule has 2 nitrogen and oxygen atoms in total. The summed E-state index contributed by atoms with van der Waals surface area (Å²) < 4.78 is 6.80. The van der Waals surface area contributed by atoms with E-state index in [2.05, 4.69) is 34.2 Å². The Labute approximate surface area is 139 Å². The van der Waals surface area contributed by atoms with Gasteiger partial charge in [-0.25, -0.2) is 0 Å². The average molecular weight is 369 g/mol. The van der Waals surface area contributed by atoms with Crippen LogP contribution in [-0.2, 0) is 0 Å². The van der Waals surface area contributed by atoms with Crippen LogP contribution >= 0.6 is 27.5 Å². The van der Waals surface area contributed by atoms with Gasteiger partial charge in [-0.15, -0.1) is 0 Å². The van der Waals surface area contributed by atoms with Crippen molar-refractivity contribution in [1.82, 2.24) is 5.32 Å². The third-order valence-electron chi connectivity index (χ3n) is 3.21. The van der Waals surface area contributed by atoms with Crippen molar-refractivity contribution < 1.29 is 4.74 Å². The highest BCUT2D eigenvalue weighted by Gasteiger charge is 2.19. The molecule has 0 aliphatic rings. The molecule has 1 N–H and O–H groups in total. The number of hydrogen-bond donors (Lipinski definition) is 1. The van der Waals surface area contributed by atoms with Crippen molar-refractivity contribution in [3.8, 4) is 5.75 Å². The maximum Gasteiger partial charge on any atom is 0.124 e. The van der Waals surface area contributed by atoms with E-state index in [0.717, 1.165) is 32.9 Å². The predicted octanol–water partition coefficient (Wildman–Crippen LogP) is 5.20. The van der Waals surface area contributed by atoms with Gasteiger partial charge in [-0.2, -0.15) is 0 Å². The summed E-state index contributed by atoms with van der Waals surface area (Å²) in [5, 5.41) is 4.24. The Morgan fingerprint density at radius 2 is 1.90 bits per heavy atom.